The fraction of sp³-hybridized carbons (Fsp3) is 0.786. The molecule has 2 rings (SSSR count). The Hall–Kier alpha value is -0.590. The lowest BCUT2D eigenvalue weighted by atomic mass is 9.53. The van der Waals surface area contributed by atoms with Gasteiger partial charge >= 0.3 is 0 Å². The predicted octanol–water partition coefficient (Wildman–Crippen LogP) is 3.74. The summed E-state index contributed by atoms with van der Waals surface area (Å²) in [7, 11) is 0. The van der Waals surface area contributed by atoms with E-state index in [0.29, 0.717) is 16.7 Å². The molecule has 2 atom stereocenters. The molecule has 2 unspecified atom stereocenters. The van der Waals surface area contributed by atoms with Gasteiger partial charge in [-0.15, -0.1) is 0 Å². The van der Waals surface area contributed by atoms with Crippen molar-refractivity contribution in [2.24, 2.45) is 16.7 Å². The number of hydrogen-bond donors (Lipinski definition) is 0. The van der Waals surface area contributed by atoms with E-state index in [9.17, 15) is 4.79 Å². The number of aldehydes is 1. The predicted molar refractivity (Wildman–Crippen MR) is 62.6 cm³/mol. The van der Waals surface area contributed by atoms with Gasteiger partial charge < -0.3 is 4.79 Å². The van der Waals surface area contributed by atoms with E-state index in [1.165, 1.54) is 32.0 Å². The zero-order chi connectivity index (χ0) is 10.9. The lowest BCUT2D eigenvalue weighted by Gasteiger charge is -2.51. The summed E-state index contributed by atoms with van der Waals surface area (Å²) in [5, 5.41) is 0. The third-order valence-corrected chi connectivity index (χ3v) is 4.74. The molecule has 0 saturated heterocycles. The molecule has 0 N–H and O–H groups in total. The average Bonchev–Trinajstić information content (AvgIpc) is 2.23. The van der Waals surface area contributed by atoms with Gasteiger partial charge in [0, 0.05) is 5.92 Å². The molecule has 0 bridgehead atoms. The van der Waals surface area contributed by atoms with Crippen molar-refractivity contribution in [3.05, 3.63) is 12.2 Å². The zero-order valence-corrected chi connectivity index (χ0v) is 9.96. The average molecular weight is 206 g/mol. The van der Waals surface area contributed by atoms with Crippen LogP contribution in [0.15, 0.2) is 12.2 Å². The first kappa shape index (κ1) is 10.9. The maximum absolute atomic E-state index is 11.0. The quantitative estimate of drug-likeness (QED) is 0.472. The van der Waals surface area contributed by atoms with Crippen molar-refractivity contribution in [3.63, 3.8) is 0 Å². The first-order chi connectivity index (χ1) is 7.10. The zero-order valence-electron chi connectivity index (χ0n) is 9.96. The molecule has 0 aromatic rings. The van der Waals surface area contributed by atoms with E-state index in [0.717, 1.165) is 12.8 Å². The Bertz CT molecular complexity index is 277. The molecule has 0 aromatic carbocycles. The van der Waals surface area contributed by atoms with Crippen LogP contribution in [-0.4, -0.2) is 6.29 Å². The summed E-state index contributed by atoms with van der Waals surface area (Å²) in [6.45, 7) is 4.76. The maximum Gasteiger partial charge on any atom is 0.123 e. The van der Waals surface area contributed by atoms with Crippen LogP contribution in [0.3, 0.4) is 0 Å². The summed E-state index contributed by atoms with van der Waals surface area (Å²) in [5.74, 6) is 0.306. The Balaban J connectivity index is 2.26. The highest BCUT2D eigenvalue weighted by Crippen LogP contribution is 2.55. The van der Waals surface area contributed by atoms with Crippen LogP contribution < -0.4 is 0 Å². The van der Waals surface area contributed by atoms with Crippen molar-refractivity contribution in [2.75, 3.05) is 0 Å². The molecule has 1 saturated carbocycles. The van der Waals surface area contributed by atoms with Crippen LogP contribution in [0.4, 0.5) is 0 Å². The lowest BCUT2D eigenvalue weighted by Crippen LogP contribution is -2.42. The SMILES string of the molecule is CC1(C)CCC=CC12CCCC(C=O)C2. The van der Waals surface area contributed by atoms with Gasteiger partial charge in [-0.25, -0.2) is 0 Å². The molecule has 15 heavy (non-hydrogen) atoms. The Morgan fingerprint density at radius 1 is 1.33 bits per heavy atom. The molecule has 0 heterocycles. The number of allylic oxidation sites excluding steroid dienone is 2. The van der Waals surface area contributed by atoms with Gasteiger partial charge in [-0.1, -0.05) is 32.4 Å². The van der Waals surface area contributed by atoms with E-state index < -0.39 is 0 Å². The minimum absolute atomic E-state index is 0.306. The Morgan fingerprint density at radius 3 is 2.80 bits per heavy atom. The summed E-state index contributed by atoms with van der Waals surface area (Å²) in [6, 6.07) is 0. The number of rotatable bonds is 1. The number of carbonyl (C=O) groups is 1. The van der Waals surface area contributed by atoms with Gasteiger partial charge in [0.2, 0.25) is 0 Å². The van der Waals surface area contributed by atoms with Crippen LogP contribution in [0.2, 0.25) is 0 Å². The molecule has 2 aliphatic carbocycles. The van der Waals surface area contributed by atoms with Gasteiger partial charge in [-0.2, -0.15) is 0 Å². The largest absolute Gasteiger partial charge is 0.303 e. The summed E-state index contributed by atoms with van der Waals surface area (Å²) in [5.41, 5.74) is 0.693. The molecular formula is C14H22O. The molecule has 0 aromatic heterocycles. The van der Waals surface area contributed by atoms with E-state index in [1.54, 1.807) is 0 Å². The van der Waals surface area contributed by atoms with Crippen LogP contribution in [0.25, 0.3) is 0 Å². The van der Waals surface area contributed by atoms with E-state index in [-0.39, 0.29) is 0 Å². The molecule has 1 nitrogen and oxygen atoms in total. The van der Waals surface area contributed by atoms with Crippen LogP contribution in [0, 0.1) is 16.7 Å². The highest BCUT2D eigenvalue weighted by Gasteiger charge is 2.46. The topological polar surface area (TPSA) is 17.1 Å². The molecule has 1 spiro atoms. The Morgan fingerprint density at radius 2 is 2.13 bits per heavy atom. The third kappa shape index (κ3) is 1.77. The molecule has 2 aliphatic rings. The van der Waals surface area contributed by atoms with E-state index in [2.05, 4.69) is 26.0 Å². The highest BCUT2D eigenvalue weighted by atomic mass is 16.1. The second-order valence-corrected chi connectivity index (χ2v) is 5.97. The van der Waals surface area contributed by atoms with E-state index >= 15 is 0 Å². The summed E-state index contributed by atoms with van der Waals surface area (Å²) in [6.07, 6.45) is 13.1. The summed E-state index contributed by atoms with van der Waals surface area (Å²) < 4.78 is 0. The number of hydrogen-bond acceptors (Lipinski definition) is 1. The first-order valence-corrected chi connectivity index (χ1v) is 6.23. The van der Waals surface area contributed by atoms with Gasteiger partial charge in [-0.3, -0.25) is 0 Å². The van der Waals surface area contributed by atoms with Crippen LogP contribution >= 0.6 is 0 Å². The minimum Gasteiger partial charge on any atom is -0.303 e. The monoisotopic (exact) mass is 206 g/mol. The third-order valence-electron chi connectivity index (χ3n) is 4.74. The standard InChI is InChI=1S/C14H22O/c1-13(2)7-3-4-8-14(13)9-5-6-12(10-14)11-15/h4,8,11-12H,3,5-7,9-10H2,1-2H3. The van der Waals surface area contributed by atoms with Gasteiger partial charge in [0.05, 0.1) is 0 Å². The molecule has 0 amide bonds. The Labute approximate surface area is 92.9 Å². The van der Waals surface area contributed by atoms with E-state index in [4.69, 9.17) is 0 Å². The second-order valence-electron chi connectivity index (χ2n) is 5.97. The summed E-state index contributed by atoms with van der Waals surface area (Å²) in [4.78, 5) is 11.0. The minimum atomic E-state index is 0.306. The molecule has 1 fully saturated rings. The van der Waals surface area contributed by atoms with Gasteiger partial charge in [0.25, 0.3) is 0 Å². The van der Waals surface area contributed by atoms with Crippen molar-refractivity contribution in [2.45, 2.75) is 52.4 Å². The highest BCUT2D eigenvalue weighted by molar-refractivity contribution is 5.54. The van der Waals surface area contributed by atoms with Gasteiger partial charge in [0.15, 0.2) is 0 Å². The van der Waals surface area contributed by atoms with Crippen LogP contribution in [0.1, 0.15) is 52.4 Å². The van der Waals surface area contributed by atoms with Crippen molar-refractivity contribution >= 4 is 6.29 Å². The molecule has 0 radical (unpaired) electrons. The fourth-order valence-corrected chi connectivity index (χ4v) is 3.46. The number of carbonyl (C=O) groups excluding carboxylic acids is 1. The van der Waals surface area contributed by atoms with Gasteiger partial charge in [0.1, 0.15) is 6.29 Å². The molecule has 1 heteroatoms. The smallest absolute Gasteiger partial charge is 0.123 e. The summed E-state index contributed by atoms with van der Waals surface area (Å²) >= 11 is 0. The second kappa shape index (κ2) is 3.77. The Kier molecular flexibility index (Phi) is 2.74. The fourth-order valence-electron chi connectivity index (χ4n) is 3.46. The first-order valence-electron chi connectivity index (χ1n) is 6.23. The molecule has 84 valence electrons. The van der Waals surface area contributed by atoms with Gasteiger partial charge in [-0.05, 0) is 42.9 Å². The normalized spacial score (nSPS) is 39.2. The van der Waals surface area contributed by atoms with Crippen LogP contribution in [-0.2, 0) is 4.79 Å². The van der Waals surface area contributed by atoms with Crippen molar-refractivity contribution in [1.82, 2.24) is 0 Å². The lowest BCUT2D eigenvalue weighted by molar-refractivity contribution is -0.114. The van der Waals surface area contributed by atoms with E-state index in [1.807, 2.05) is 0 Å². The van der Waals surface area contributed by atoms with Crippen molar-refractivity contribution in [3.8, 4) is 0 Å². The molecule has 0 aliphatic heterocycles. The maximum atomic E-state index is 11.0. The van der Waals surface area contributed by atoms with Crippen molar-refractivity contribution in [1.29, 1.82) is 0 Å². The van der Waals surface area contributed by atoms with Crippen molar-refractivity contribution < 1.29 is 4.79 Å². The molecular weight excluding hydrogens is 184 g/mol. The van der Waals surface area contributed by atoms with Crippen LogP contribution in [0.5, 0.6) is 0 Å².